The first-order chi connectivity index (χ1) is 20.8. The summed E-state index contributed by atoms with van der Waals surface area (Å²) in [6, 6.07) is 25.4. The Morgan fingerprint density at radius 3 is 2.09 bits per heavy atom. The van der Waals surface area contributed by atoms with Gasteiger partial charge in [0.2, 0.25) is 11.9 Å². The Morgan fingerprint density at radius 1 is 0.953 bits per heavy atom. The number of benzene rings is 3. The number of imidazole rings is 1. The number of methoxy groups -OCH3 is 2. The van der Waals surface area contributed by atoms with Gasteiger partial charge in [-0.3, -0.25) is 24.5 Å². The summed E-state index contributed by atoms with van der Waals surface area (Å²) in [5.74, 6) is 1.10. The van der Waals surface area contributed by atoms with Gasteiger partial charge in [-0.25, -0.2) is 4.98 Å². The third-order valence-electron chi connectivity index (χ3n) is 6.88. The van der Waals surface area contributed by atoms with E-state index in [-0.39, 0.29) is 36.4 Å². The highest BCUT2D eigenvalue weighted by Gasteiger charge is 2.38. The summed E-state index contributed by atoms with van der Waals surface area (Å²) >= 11 is 0. The van der Waals surface area contributed by atoms with Gasteiger partial charge in [-0.15, -0.1) is 0 Å². The van der Waals surface area contributed by atoms with E-state index in [0.717, 1.165) is 28.2 Å². The molecule has 2 heterocycles. The maximum Gasteiger partial charge on any atom is 0.280 e. The molecule has 0 aliphatic heterocycles. The fourth-order valence-electron chi connectivity index (χ4n) is 4.80. The van der Waals surface area contributed by atoms with Gasteiger partial charge in [-0.2, -0.15) is 4.98 Å². The van der Waals surface area contributed by atoms with Gasteiger partial charge in [-0.1, -0.05) is 54.6 Å². The highest BCUT2D eigenvalue weighted by atomic mass is 16.5. The summed E-state index contributed by atoms with van der Waals surface area (Å²) in [6.07, 6.45) is 0.815. The molecule has 1 amide bonds. The first kappa shape index (κ1) is 29.5. The van der Waals surface area contributed by atoms with Crippen LogP contribution in [0.5, 0.6) is 11.5 Å². The summed E-state index contributed by atoms with van der Waals surface area (Å²) in [6.45, 7) is 5.58. The van der Waals surface area contributed by atoms with Crippen LogP contribution >= 0.6 is 0 Å². The van der Waals surface area contributed by atoms with Crippen molar-refractivity contribution in [2.24, 2.45) is 0 Å². The van der Waals surface area contributed by atoms with Gasteiger partial charge in [0.1, 0.15) is 23.8 Å². The van der Waals surface area contributed by atoms with Crippen LogP contribution in [0.1, 0.15) is 23.6 Å². The molecular weight excluding hydrogens is 550 g/mol. The number of amides is 1. The second-order valence-electron chi connectivity index (χ2n) is 9.72. The molecule has 11 heteroatoms. The van der Waals surface area contributed by atoms with Crippen LogP contribution in [0.4, 0.5) is 5.95 Å². The molecule has 2 aromatic heterocycles. The molecule has 0 aliphatic carbocycles. The molecule has 1 atom stereocenters. The van der Waals surface area contributed by atoms with Crippen LogP contribution < -0.4 is 20.3 Å². The lowest BCUT2D eigenvalue weighted by Crippen LogP contribution is -2.36. The second-order valence-corrected chi connectivity index (χ2v) is 9.72. The molecule has 11 nitrogen and oxygen atoms in total. The lowest BCUT2D eigenvalue weighted by atomic mass is 9.80. The van der Waals surface area contributed by atoms with E-state index in [4.69, 9.17) is 18.9 Å². The van der Waals surface area contributed by atoms with Crippen molar-refractivity contribution in [3.8, 4) is 11.5 Å². The molecule has 1 unspecified atom stereocenters. The number of anilines is 1. The average molecular weight is 583 g/mol. The van der Waals surface area contributed by atoms with Crippen LogP contribution in [-0.4, -0.2) is 52.4 Å². The number of aromatic amines is 1. The number of aromatic nitrogens is 4. The van der Waals surface area contributed by atoms with Gasteiger partial charge < -0.3 is 18.9 Å². The highest BCUT2D eigenvalue weighted by molar-refractivity contribution is 5.87. The normalized spacial score (nSPS) is 12.2. The molecule has 0 bridgehead atoms. The van der Waals surface area contributed by atoms with Crippen molar-refractivity contribution in [3.63, 3.8) is 0 Å². The molecule has 0 saturated carbocycles. The molecule has 3 aromatic carbocycles. The number of ether oxygens (including phenoxy) is 4. The molecule has 43 heavy (non-hydrogen) atoms. The maximum atomic E-state index is 12.4. The van der Waals surface area contributed by atoms with E-state index >= 15 is 0 Å². The number of hydrogen-bond acceptors (Lipinski definition) is 8. The van der Waals surface area contributed by atoms with Crippen molar-refractivity contribution in [1.82, 2.24) is 19.5 Å². The largest absolute Gasteiger partial charge is 0.497 e. The lowest BCUT2D eigenvalue weighted by Gasteiger charge is -2.37. The number of nitrogens with zero attached hydrogens (tertiary/aromatic N) is 3. The molecule has 2 N–H and O–H groups in total. The Labute approximate surface area is 248 Å². The maximum absolute atomic E-state index is 12.4. The average Bonchev–Trinajstić information content (AvgIpc) is 3.44. The number of H-pyrrole nitrogens is 1. The predicted molar refractivity (Wildman–Crippen MR) is 161 cm³/mol. The molecule has 0 aliphatic rings. The zero-order valence-corrected chi connectivity index (χ0v) is 24.1. The Morgan fingerprint density at radius 2 is 1.53 bits per heavy atom. The number of carbonyl (C=O) groups is 1. The zero-order valence-electron chi connectivity index (χ0n) is 24.1. The molecule has 0 spiro atoms. The fourth-order valence-corrected chi connectivity index (χ4v) is 4.80. The highest BCUT2D eigenvalue weighted by Crippen LogP contribution is 2.41. The minimum Gasteiger partial charge on any atom is -0.497 e. The smallest absolute Gasteiger partial charge is 0.280 e. The Hall–Kier alpha value is -5.00. The molecule has 0 fully saturated rings. The molecular formula is C32H32N5O6. The fraction of sp³-hybridized carbons (Fsp3) is 0.219. The molecule has 5 rings (SSSR count). The van der Waals surface area contributed by atoms with Gasteiger partial charge in [0.15, 0.2) is 11.2 Å². The molecule has 221 valence electrons. The number of fused-ring (bicyclic) bond motifs is 1. The summed E-state index contributed by atoms with van der Waals surface area (Å²) in [5.41, 5.74) is 1.55. The van der Waals surface area contributed by atoms with Gasteiger partial charge in [0.25, 0.3) is 5.56 Å². The topological polar surface area (TPSA) is 130 Å². The number of hydrogen-bond donors (Lipinski definition) is 2. The van der Waals surface area contributed by atoms with Gasteiger partial charge in [0, 0.05) is 6.92 Å². The first-order valence-corrected chi connectivity index (χ1v) is 13.5. The molecule has 5 aromatic rings. The van der Waals surface area contributed by atoms with Gasteiger partial charge in [0.05, 0.1) is 33.3 Å². The van der Waals surface area contributed by atoms with Gasteiger partial charge in [-0.05, 0) is 47.9 Å². The second kappa shape index (κ2) is 12.9. The van der Waals surface area contributed by atoms with E-state index in [1.165, 1.54) is 13.3 Å². The van der Waals surface area contributed by atoms with Crippen LogP contribution in [0.15, 0.2) is 90.0 Å². The van der Waals surface area contributed by atoms with Crippen molar-refractivity contribution < 1.29 is 23.7 Å². The molecule has 1 radical (unpaired) electrons. The number of rotatable bonds is 12. The standard InChI is InChI=1S/C32H32N5O6/c1-21(42-20-37-19-33-28-29(37)35-31(34-22(2)38)36-30(28)39)18-43-32(23-8-6-5-7-9-23,24-10-14-26(40-3)15-11-24)25-12-16-27(41-4)17-13-25/h5-17,19,21H,1,18,20H2,2-4H3,(H2,34,35,36,38,39). The monoisotopic (exact) mass is 582 g/mol. The lowest BCUT2D eigenvalue weighted by molar-refractivity contribution is -0.114. The van der Waals surface area contributed by atoms with Crippen molar-refractivity contribution in [1.29, 1.82) is 0 Å². The predicted octanol–water partition coefficient (Wildman–Crippen LogP) is 4.28. The van der Waals surface area contributed by atoms with Crippen LogP contribution in [0.2, 0.25) is 0 Å². The summed E-state index contributed by atoms with van der Waals surface area (Å²) < 4.78 is 25.2. The third-order valence-corrected chi connectivity index (χ3v) is 6.88. The van der Waals surface area contributed by atoms with Crippen LogP contribution in [0.3, 0.4) is 0 Å². The summed E-state index contributed by atoms with van der Waals surface area (Å²) in [4.78, 5) is 34.8. The van der Waals surface area contributed by atoms with Crippen molar-refractivity contribution in [3.05, 3.63) is 119 Å². The third kappa shape index (κ3) is 6.27. The Kier molecular flexibility index (Phi) is 8.84. The Bertz CT molecular complexity index is 1690. The van der Waals surface area contributed by atoms with E-state index in [1.54, 1.807) is 18.8 Å². The molecule has 0 saturated heterocycles. The van der Waals surface area contributed by atoms with Gasteiger partial charge >= 0.3 is 0 Å². The minimum atomic E-state index is -1.02. The summed E-state index contributed by atoms with van der Waals surface area (Å²) in [5, 5.41) is 2.48. The van der Waals surface area contributed by atoms with Crippen LogP contribution in [0.25, 0.3) is 11.2 Å². The van der Waals surface area contributed by atoms with E-state index < -0.39 is 17.3 Å². The van der Waals surface area contributed by atoms with E-state index in [9.17, 15) is 9.59 Å². The van der Waals surface area contributed by atoms with Crippen molar-refractivity contribution >= 4 is 23.0 Å². The minimum absolute atomic E-state index is 0.00655. The van der Waals surface area contributed by atoms with E-state index in [2.05, 4.69) is 27.2 Å². The van der Waals surface area contributed by atoms with Crippen molar-refractivity contribution in [2.45, 2.75) is 25.4 Å². The number of carbonyl (C=O) groups excluding carboxylic acids is 1. The summed E-state index contributed by atoms with van der Waals surface area (Å²) in [7, 11) is 3.25. The first-order valence-electron chi connectivity index (χ1n) is 13.5. The SMILES string of the molecule is [CH2]C(COC(c1ccccc1)(c1ccc(OC)cc1)c1ccc(OC)cc1)OCn1cnc2c(=O)[nH]c(NC(C)=O)nc21. The quantitative estimate of drug-likeness (QED) is 0.209. The van der Waals surface area contributed by atoms with Crippen LogP contribution in [0, 0.1) is 6.92 Å². The van der Waals surface area contributed by atoms with Crippen LogP contribution in [-0.2, 0) is 26.6 Å². The van der Waals surface area contributed by atoms with E-state index in [0.29, 0.717) is 0 Å². The number of nitrogens with one attached hydrogen (secondary N) is 2. The Balaban J connectivity index is 1.44. The zero-order chi connectivity index (χ0) is 30.4. The van der Waals surface area contributed by atoms with E-state index in [1.807, 2.05) is 78.9 Å². The van der Waals surface area contributed by atoms with Crippen molar-refractivity contribution in [2.75, 3.05) is 26.1 Å².